The van der Waals surface area contributed by atoms with Crippen molar-refractivity contribution in [2.75, 3.05) is 34.8 Å². The molecule has 132 valence electrons. The first-order chi connectivity index (χ1) is 12.1. The van der Waals surface area contributed by atoms with Gasteiger partial charge in [0.05, 0.1) is 0 Å². The Labute approximate surface area is 157 Å². The number of carbonyl (C=O) groups is 1. The second kappa shape index (κ2) is 8.50. The van der Waals surface area contributed by atoms with E-state index in [4.69, 9.17) is 11.6 Å². The number of aryl methyl sites for hydroxylation is 1. The summed E-state index contributed by atoms with van der Waals surface area (Å²) in [5.41, 5.74) is 4.09. The highest BCUT2D eigenvalue weighted by Crippen LogP contribution is 2.25. The van der Waals surface area contributed by atoms with E-state index < -0.39 is 0 Å². The van der Waals surface area contributed by atoms with Gasteiger partial charge in [-0.15, -0.1) is 0 Å². The summed E-state index contributed by atoms with van der Waals surface area (Å²) in [5.74, 6) is 2.34. The third-order valence-electron chi connectivity index (χ3n) is 4.18. The number of hydrogen-bond donors (Lipinski definition) is 2. The molecule has 0 atom stereocenters. The quantitative estimate of drug-likeness (QED) is 0.825. The molecule has 1 fully saturated rings. The van der Waals surface area contributed by atoms with E-state index in [0.29, 0.717) is 11.6 Å². The van der Waals surface area contributed by atoms with E-state index >= 15 is 0 Å². The van der Waals surface area contributed by atoms with Gasteiger partial charge < -0.3 is 15.5 Å². The van der Waals surface area contributed by atoms with Crippen LogP contribution in [0.2, 0.25) is 5.02 Å². The largest absolute Gasteiger partial charge is 0.370 e. The summed E-state index contributed by atoms with van der Waals surface area (Å²) in [7, 11) is 0. The van der Waals surface area contributed by atoms with Crippen LogP contribution in [-0.4, -0.2) is 30.6 Å². The lowest BCUT2D eigenvalue weighted by Crippen LogP contribution is -2.32. The second-order valence-electron chi connectivity index (χ2n) is 6.04. The molecule has 4 nitrogen and oxygen atoms in total. The molecule has 2 aromatic carbocycles. The summed E-state index contributed by atoms with van der Waals surface area (Å²) in [5, 5.41) is 6.45. The lowest BCUT2D eigenvalue weighted by Gasteiger charge is -2.29. The van der Waals surface area contributed by atoms with Crippen molar-refractivity contribution in [1.29, 1.82) is 0 Å². The Bertz CT molecular complexity index is 747. The van der Waals surface area contributed by atoms with E-state index in [1.807, 2.05) is 49.0 Å². The lowest BCUT2D eigenvalue weighted by molar-refractivity contribution is 0.251. The SMILES string of the molecule is Cc1cc(N2CCSCC2)ccc1NC(=O)NCc1cccc(Cl)c1. The molecule has 2 amide bonds. The number of urea groups is 1. The highest BCUT2D eigenvalue weighted by atomic mass is 35.5. The summed E-state index contributed by atoms with van der Waals surface area (Å²) in [6, 6.07) is 13.5. The van der Waals surface area contributed by atoms with Crippen molar-refractivity contribution >= 4 is 40.8 Å². The second-order valence-corrected chi connectivity index (χ2v) is 7.70. The Morgan fingerprint density at radius 3 is 2.72 bits per heavy atom. The number of halogens is 1. The molecule has 0 bridgehead atoms. The van der Waals surface area contributed by atoms with Crippen LogP contribution < -0.4 is 15.5 Å². The van der Waals surface area contributed by atoms with Gasteiger partial charge in [0, 0.05) is 47.5 Å². The van der Waals surface area contributed by atoms with E-state index in [0.717, 1.165) is 29.9 Å². The molecule has 0 saturated carbocycles. The van der Waals surface area contributed by atoms with Crippen molar-refractivity contribution in [2.24, 2.45) is 0 Å². The molecule has 1 saturated heterocycles. The molecule has 0 radical (unpaired) electrons. The van der Waals surface area contributed by atoms with Gasteiger partial charge in [-0.05, 0) is 48.4 Å². The van der Waals surface area contributed by atoms with Crippen LogP contribution in [0.3, 0.4) is 0 Å². The van der Waals surface area contributed by atoms with Gasteiger partial charge in [0.2, 0.25) is 0 Å². The fraction of sp³-hybridized carbons (Fsp3) is 0.316. The highest BCUT2D eigenvalue weighted by Gasteiger charge is 2.12. The van der Waals surface area contributed by atoms with Crippen LogP contribution in [0.15, 0.2) is 42.5 Å². The van der Waals surface area contributed by atoms with Gasteiger partial charge >= 0.3 is 6.03 Å². The molecule has 0 aliphatic carbocycles. The lowest BCUT2D eigenvalue weighted by atomic mass is 10.1. The molecule has 2 aromatic rings. The number of anilines is 2. The van der Waals surface area contributed by atoms with E-state index in [2.05, 4.69) is 27.7 Å². The average molecular weight is 376 g/mol. The minimum Gasteiger partial charge on any atom is -0.370 e. The number of rotatable bonds is 4. The zero-order valence-corrected chi connectivity index (χ0v) is 15.8. The molecule has 0 aromatic heterocycles. The van der Waals surface area contributed by atoms with Crippen LogP contribution in [0.5, 0.6) is 0 Å². The summed E-state index contributed by atoms with van der Waals surface area (Å²) < 4.78 is 0. The number of nitrogens with zero attached hydrogens (tertiary/aromatic N) is 1. The normalized spacial score (nSPS) is 14.2. The third-order valence-corrected chi connectivity index (χ3v) is 5.35. The van der Waals surface area contributed by atoms with Gasteiger partial charge in [-0.1, -0.05) is 23.7 Å². The van der Waals surface area contributed by atoms with Gasteiger partial charge in [-0.2, -0.15) is 11.8 Å². The molecule has 25 heavy (non-hydrogen) atoms. The molecule has 2 N–H and O–H groups in total. The van der Waals surface area contributed by atoms with Crippen molar-refractivity contribution < 1.29 is 4.79 Å². The maximum Gasteiger partial charge on any atom is 0.319 e. The van der Waals surface area contributed by atoms with E-state index in [-0.39, 0.29) is 6.03 Å². The van der Waals surface area contributed by atoms with Crippen LogP contribution in [0, 0.1) is 6.92 Å². The fourth-order valence-electron chi connectivity index (χ4n) is 2.80. The Morgan fingerprint density at radius 2 is 2.00 bits per heavy atom. The Kier molecular flexibility index (Phi) is 6.10. The molecule has 3 rings (SSSR count). The minimum absolute atomic E-state index is 0.217. The maximum atomic E-state index is 12.1. The van der Waals surface area contributed by atoms with Crippen LogP contribution in [-0.2, 0) is 6.54 Å². The van der Waals surface area contributed by atoms with Gasteiger partial charge in [-0.3, -0.25) is 0 Å². The van der Waals surface area contributed by atoms with Crippen LogP contribution in [0.4, 0.5) is 16.2 Å². The molecule has 1 heterocycles. The summed E-state index contributed by atoms with van der Waals surface area (Å²) >= 11 is 7.95. The van der Waals surface area contributed by atoms with Gasteiger partial charge in [-0.25, -0.2) is 4.79 Å². The minimum atomic E-state index is -0.217. The Balaban J connectivity index is 1.57. The molecular formula is C19H22ClN3OS. The fourth-order valence-corrected chi connectivity index (χ4v) is 3.92. The molecule has 1 aliphatic rings. The number of thioether (sulfide) groups is 1. The number of carbonyl (C=O) groups excluding carboxylic acids is 1. The third kappa shape index (κ3) is 5.06. The predicted molar refractivity (Wildman–Crippen MR) is 108 cm³/mol. The Hall–Kier alpha value is -1.85. The number of hydrogen-bond acceptors (Lipinski definition) is 3. The van der Waals surface area contributed by atoms with Crippen LogP contribution in [0.1, 0.15) is 11.1 Å². The average Bonchev–Trinajstić information content (AvgIpc) is 2.62. The predicted octanol–water partition coefficient (Wildman–Crippen LogP) is 4.52. The number of amides is 2. The zero-order valence-electron chi connectivity index (χ0n) is 14.2. The van der Waals surface area contributed by atoms with Crippen molar-refractivity contribution in [3.8, 4) is 0 Å². The van der Waals surface area contributed by atoms with Gasteiger partial charge in [0.25, 0.3) is 0 Å². The van der Waals surface area contributed by atoms with Gasteiger partial charge in [0.1, 0.15) is 0 Å². The first-order valence-electron chi connectivity index (χ1n) is 8.34. The molecule has 1 aliphatic heterocycles. The van der Waals surface area contributed by atoms with Crippen LogP contribution in [0.25, 0.3) is 0 Å². The first kappa shape index (κ1) is 18.0. The first-order valence-corrected chi connectivity index (χ1v) is 9.88. The monoisotopic (exact) mass is 375 g/mol. The summed E-state index contributed by atoms with van der Waals surface area (Å²) in [6.07, 6.45) is 0. The van der Waals surface area contributed by atoms with Crippen molar-refractivity contribution in [2.45, 2.75) is 13.5 Å². The Morgan fingerprint density at radius 1 is 1.20 bits per heavy atom. The summed E-state index contributed by atoms with van der Waals surface area (Å²) in [4.78, 5) is 14.5. The number of benzene rings is 2. The van der Waals surface area contributed by atoms with Gasteiger partial charge in [0.15, 0.2) is 0 Å². The number of nitrogens with one attached hydrogen (secondary N) is 2. The highest BCUT2D eigenvalue weighted by molar-refractivity contribution is 7.99. The van der Waals surface area contributed by atoms with E-state index in [9.17, 15) is 4.79 Å². The standard InChI is InChI=1S/C19H22ClN3OS/c1-14-11-17(23-7-9-25-10-8-23)5-6-18(14)22-19(24)21-13-15-3-2-4-16(20)12-15/h2-6,11-12H,7-10,13H2,1H3,(H2,21,22,24). The molecule has 6 heteroatoms. The molecular weight excluding hydrogens is 354 g/mol. The maximum absolute atomic E-state index is 12.1. The zero-order chi connectivity index (χ0) is 17.6. The van der Waals surface area contributed by atoms with E-state index in [1.165, 1.54) is 17.2 Å². The van der Waals surface area contributed by atoms with Crippen molar-refractivity contribution in [3.05, 3.63) is 58.6 Å². The molecule has 0 unspecified atom stereocenters. The topological polar surface area (TPSA) is 44.4 Å². The molecule has 0 spiro atoms. The van der Waals surface area contributed by atoms with Crippen LogP contribution >= 0.6 is 23.4 Å². The summed E-state index contributed by atoms with van der Waals surface area (Å²) in [6.45, 7) is 4.62. The van der Waals surface area contributed by atoms with Crippen molar-refractivity contribution in [3.63, 3.8) is 0 Å². The smallest absolute Gasteiger partial charge is 0.319 e. The van der Waals surface area contributed by atoms with E-state index in [1.54, 1.807) is 0 Å². The van der Waals surface area contributed by atoms with Crippen molar-refractivity contribution in [1.82, 2.24) is 5.32 Å².